The van der Waals surface area contributed by atoms with Crippen molar-refractivity contribution in [2.75, 3.05) is 10.5 Å². The van der Waals surface area contributed by atoms with Gasteiger partial charge in [-0.2, -0.15) is 13.2 Å². The van der Waals surface area contributed by atoms with Crippen LogP contribution in [-0.4, -0.2) is 23.9 Å². The maximum atomic E-state index is 12.4. The molecule has 0 radical (unpaired) electrons. The zero-order valence-electron chi connectivity index (χ0n) is 9.19. The Morgan fingerprint density at radius 2 is 1.83 bits per heavy atom. The fraction of sp³-hybridized carbons (Fsp3) is 0.333. The maximum absolute atomic E-state index is 12.4. The van der Waals surface area contributed by atoms with Gasteiger partial charge in [-0.25, -0.2) is 12.6 Å². The van der Waals surface area contributed by atoms with Crippen LogP contribution in [0, 0.1) is 0 Å². The predicted molar refractivity (Wildman–Crippen MR) is 62.0 cm³/mol. The molecule has 1 aromatic carbocycles. The highest BCUT2D eigenvalue weighted by molar-refractivity contribution is 7.92. The van der Waals surface area contributed by atoms with Gasteiger partial charge in [-0.15, -0.1) is 0 Å². The summed E-state index contributed by atoms with van der Waals surface area (Å²) in [7, 11) is -7.00. The van der Waals surface area contributed by atoms with Gasteiger partial charge >= 0.3 is 5.51 Å². The van der Waals surface area contributed by atoms with Crippen LogP contribution in [-0.2, 0) is 20.8 Å². The predicted octanol–water partition coefficient (Wildman–Crippen LogP) is 2.08. The molecule has 0 amide bonds. The van der Waals surface area contributed by atoms with Crippen molar-refractivity contribution in [2.24, 2.45) is 0 Å². The number of rotatable bonds is 4. The van der Waals surface area contributed by atoms with Crippen molar-refractivity contribution in [2.45, 2.75) is 17.3 Å². The Balaban J connectivity index is 3.20. The number of sulfonamides is 1. The summed E-state index contributed by atoms with van der Waals surface area (Å²) in [5.74, 6) is -0.292. The van der Waals surface area contributed by atoms with Crippen molar-refractivity contribution in [1.29, 1.82) is 0 Å². The van der Waals surface area contributed by atoms with E-state index in [4.69, 9.17) is 0 Å². The topological polar surface area (TPSA) is 63.2 Å². The highest BCUT2D eigenvalue weighted by Crippen LogP contribution is 2.31. The van der Waals surface area contributed by atoms with E-state index >= 15 is 0 Å². The van der Waals surface area contributed by atoms with Gasteiger partial charge in [0.2, 0.25) is 10.0 Å². The van der Waals surface area contributed by atoms with Gasteiger partial charge in [-0.3, -0.25) is 4.72 Å². The van der Waals surface area contributed by atoms with E-state index in [0.717, 1.165) is 12.1 Å². The summed E-state index contributed by atoms with van der Waals surface area (Å²) in [5.41, 5.74) is -5.26. The third-order valence-electron chi connectivity index (χ3n) is 1.94. The van der Waals surface area contributed by atoms with Crippen molar-refractivity contribution in [1.82, 2.24) is 0 Å². The molecule has 0 bridgehead atoms. The average molecular weight is 301 g/mol. The largest absolute Gasteiger partial charge is 0.475 e. The van der Waals surface area contributed by atoms with Gasteiger partial charge in [0.15, 0.2) is 10.8 Å². The Hall–Kier alpha value is -1.09. The van der Waals surface area contributed by atoms with E-state index in [-0.39, 0.29) is 11.4 Å². The molecule has 0 aliphatic carbocycles. The van der Waals surface area contributed by atoms with Crippen LogP contribution in [0.25, 0.3) is 0 Å². The van der Waals surface area contributed by atoms with Gasteiger partial charge in [-0.05, 0) is 19.1 Å². The first-order valence-electron chi connectivity index (χ1n) is 4.75. The fourth-order valence-electron chi connectivity index (χ4n) is 1.08. The third-order valence-corrected chi connectivity index (χ3v) is 4.41. The zero-order chi connectivity index (χ0) is 14.0. The molecule has 1 N–H and O–H groups in total. The molecule has 1 rings (SSSR count). The summed E-state index contributed by atoms with van der Waals surface area (Å²) in [6, 6.07) is 4.70. The van der Waals surface area contributed by atoms with Crippen LogP contribution in [0.15, 0.2) is 29.2 Å². The monoisotopic (exact) mass is 301 g/mol. The second-order valence-electron chi connectivity index (χ2n) is 3.22. The average Bonchev–Trinajstić information content (AvgIpc) is 2.27. The number of hydrogen-bond acceptors (Lipinski definition) is 3. The van der Waals surface area contributed by atoms with Crippen LogP contribution in [0.3, 0.4) is 0 Å². The molecule has 0 fully saturated rings. The summed E-state index contributed by atoms with van der Waals surface area (Å²) in [6.45, 7) is 1.34. The highest BCUT2D eigenvalue weighted by Gasteiger charge is 2.39. The van der Waals surface area contributed by atoms with Gasteiger partial charge in [0.05, 0.1) is 16.3 Å². The Morgan fingerprint density at radius 1 is 1.28 bits per heavy atom. The second-order valence-corrected chi connectivity index (χ2v) is 6.67. The number of benzene rings is 1. The number of alkyl halides is 3. The third kappa shape index (κ3) is 3.70. The molecule has 1 aromatic rings. The summed E-state index contributed by atoms with van der Waals surface area (Å²) in [5, 5.41) is 0. The molecule has 0 aliphatic heterocycles. The van der Waals surface area contributed by atoms with E-state index in [9.17, 15) is 25.8 Å². The molecular weight excluding hydrogens is 291 g/mol. The minimum Gasteiger partial charge on any atom is -0.282 e. The van der Waals surface area contributed by atoms with Crippen molar-refractivity contribution in [3.63, 3.8) is 0 Å². The Labute approximate surface area is 105 Å². The van der Waals surface area contributed by atoms with Gasteiger partial charge in [0, 0.05) is 0 Å². The quantitative estimate of drug-likeness (QED) is 0.926. The molecule has 4 nitrogen and oxygen atoms in total. The molecule has 0 saturated carbocycles. The van der Waals surface area contributed by atoms with E-state index in [1.165, 1.54) is 19.1 Å². The smallest absolute Gasteiger partial charge is 0.282 e. The van der Waals surface area contributed by atoms with Crippen LogP contribution in [0.2, 0.25) is 0 Å². The minimum atomic E-state index is -4.94. The van der Waals surface area contributed by atoms with Crippen LogP contribution in [0.1, 0.15) is 6.92 Å². The highest BCUT2D eigenvalue weighted by atomic mass is 32.2. The first kappa shape index (κ1) is 15.0. The Kier molecular flexibility index (Phi) is 4.38. The molecule has 0 spiro atoms. The lowest BCUT2D eigenvalue weighted by Gasteiger charge is -2.12. The van der Waals surface area contributed by atoms with Crippen molar-refractivity contribution < 1.29 is 25.8 Å². The number of nitrogens with one attached hydrogen (secondary N) is 1. The number of halogens is 3. The number of anilines is 1. The lowest BCUT2D eigenvalue weighted by molar-refractivity contribution is -0.0384. The van der Waals surface area contributed by atoms with E-state index in [2.05, 4.69) is 0 Å². The number of para-hydroxylation sites is 1. The van der Waals surface area contributed by atoms with Crippen LogP contribution >= 0.6 is 0 Å². The van der Waals surface area contributed by atoms with E-state index < -0.39 is 31.2 Å². The molecule has 18 heavy (non-hydrogen) atoms. The Bertz CT molecular complexity index is 554. The van der Waals surface area contributed by atoms with Gasteiger partial charge in [0.25, 0.3) is 0 Å². The maximum Gasteiger partial charge on any atom is 0.475 e. The first-order valence-corrected chi connectivity index (χ1v) is 7.55. The number of hydrogen-bond donors (Lipinski definition) is 1. The fourth-order valence-corrected chi connectivity index (χ4v) is 2.57. The summed E-state index contributed by atoms with van der Waals surface area (Å²) >= 11 is 0. The van der Waals surface area contributed by atoms with Crippen molar-refractivity contribution in [3.8, 4) is 0 Å². The molecule has 0 aliphatic rings. The molecule has 102 valence electrons. The normalized spacial score (nSPS) is 14.2. The van der Waals surface area contributed by atoms with Crippen molar-refractivity contribution >= 4 is 26.5 Å². The van der Waals surface area contributed by atoms with E-state index in [0.29, 0.717) is 0 Å². The SMILES string of the molecule is CCS(=O)(=O)Nc1ccccc1S(=O)C(F)(F)F. The molecule has 1 atom stereocenters. The van der Waals surface area contributed by atoms with E-state index in [1.54, 1.807) is 0 Å². The summed E-state index contributed by atoms with van der Waals surface area (Å²) in [4.78, 5) is -0.609. The molecular formula is C9H10F3NO3S2. The van der Waals surface area contributed by atoms with Gasteiger partial charge in [0.1, 0.15) is 0 Å². The molecule has 0 heterocycles. The van der Waals surface area contributed by atoms with Gasteiger partial charge in [-0.1, -0.05) is 12.1 Å². The van der Waals surface area contributed by atoms with Crippen molar-refractivity contribution in [3.05, 3.63) is 24.3 Å². The molecule has 1 unspecified atom stereocenters. The molecule has 9 heteroatoms. The van der Waals surface area contributed by atoms with E-state index in [1.807, 2.05) is 4.72 Å². The lowest BCUT2D eigenvalue weighted by atomic mass is 10.3. The zero-order valence-corrected chi connectivity index (χ0v) is 10.8. The minimum absolute atomic E-state index is 0.292. The molecule has 0 aromatic heterocycles. The Morgan fingerprint density at radius 3 is 2.33 bits per heavy atom. The molecule has 0 saturated heterocycles. The lowest BCUT2D eigenvalue weighted by Crippen LogP contribution is -2.20. The van der Waals surface area contributed by atoms with Crippen LogP contribution < -0.4 is 4.72 Å². The van der Waals surface area contributed by atoms with Gasteiger partial charge < -0.3 is 0 Å². The summed E-state index contributed by atoms with van der Waals surface area (Å²) in [6.07, 6.45) is 0. The van der Waals surface area contributed by atoms with Crippen LogP contribution in [0.5, 0.6) is 0 Å². The second kappa shape index (κ2) is 5.27. The van der Waals surface area contributed by atoms with Crippen LogP contribution in [0.4, 0.5) is 18.9 Å². The first-order chi connectivity index (χ1) is 8.17. The summed E-state index contributed by atoms with van der Waals surface area (Å²) < 4.78 is 72.8. The standard InChI is InChI=1S/C9H10F3NO3S2/c1-2-18(15,16)13-7-5-3-4-6-8(7)17(14)9(10,11)12/h3-6,13H,2H2,1H3.